The van der Waals surface area contributed by atoms with Crippen LogP contribution in [0, 0.1) is 0 Å². The number of furan rings is 1. The second-order valence-electron chi connectivity index (χ2n) is 20.0. The summed E-state index contributed by atoms with van der Waals surface area (Å²) in [6.07, 6.45) is 5.35. The molecule has 67 heavy (non-hydrogen) atoms. The Kier molecular flexibility index (Phi) is 8.79. The van der Waals surface area contributed by atoms with Crippen molar-refractivity contribution in [1.82, 2.24) is 0 Å². The highest BCUT2D eigenvalue weighted by Crippen LogP contribution is 2.64. The van der Waals surface area contributed by atoms with Crippen LogP contribution in [-0.4, -0.2) is 0 Å². The third kappa shape index (κ3) is 5.39. The van der Waals surface area contributed by atoms with E-state index in [1.54, 1.807) is 0 Å². The van der Waals surface area contributed by atoms with Crippen molar-refractivity contribution in [2.45, 2.75) is 83.1 Å². The number of benzene rings is 9. The topological polar surface area (TPSA) is 25.2 Å². The summed E-state index contributed by atoms with van der Waals surface area (Å²) in [5, 5.41) is 9.28. The van der Waals surface area contributed by atoms with Gasteiger partial charge in [-0.05, 0) is 139 Å². The summed E-state index contributed by atoms with van der Waals surface area (Å²) in [4.78, 5) is 0. The third-order valence-electron chi connectivity index (χ3n) is 16.5. The van der Waals surface area contributed by atoms with Gasteiger partial charge in [0.1, 0.15) is 11.2 Å². The van der Waals surface area contributed by atoms with Gasteiger partial charge in [-0.3, -0.25) is 0 Å². The summed E-state index contributed by atoms with van der Waals surface area (Å²) in [5.74, 6) is 0. The van der Waals surface area contributed by atoms with Gasteiger partial charge in [-0.25, -0.2) is 0 Å². The fourth-order valence-electron chi connectivity index (χ4n) is 13.1. The molecule has 9 aromatic carbocycles. The van der Waals surface area contributed by atoms with E-state index in [1.807, 2.05) is 0 Å². The Bertz CT molecular complexity index is 3620. The zero-order valence-electron chi connectivity index (χ0n) is 39.2. The summed E-state index contributed by atoms with van der Waals surface area (Å²) >= 11 is 0. The van der Waals surface area contributed by atoms with E-state index in [-0.39, 0.29) is 16.4 Å². The molecule has 0 bridgehead atoms. The first-order valence-corrected chi connectivity index (χ1v) is 24.7. The normalized spacial score (nSPS) is 14.6. The highest BCUT2D eigenvalue weighted by Gasteiger charge is 2.52. The molecule has 0 unspecified atom stereocenters. The standard InChI is InChI=1S/C65H55NO/c1-6-9-20-40-33-36-59-51(37-40)47-27-18-26-46(62(47)67-59)50-39-57-60(45-24-11-10-21-42(45)50)49-35-34-41(38-56(49)63(57,4)5)64(7-2,8-3)66-58-32-19-31-55-61(58)48-25-14-17-30-54(48)65(55)52-28-15-12-22-43(52)44-23-13-16-29-53(44)65/h10-19,21-39,66H,6-9,20H2,1-5H3. The molecule has 1 N–H and O–H groups in total. The molecule has 0 amide bonds. The smallest absolute Gasteiger partial charge is 0.143 e. The Morgan fingerprint density at radius 2 is 1.07 bits per heavy atom. The number of rotatable bonds is 9. The molecule has 326 valence electrons. The molecule has 1 heterocycles. The van der Waals surface area contributed by atoms with Crippen LogP contribution in [0.3, 0.4) is 0 Å². The van der Waals surface area contributed by atoms with E-state index in [9.17, 15) is 0 Å². The lowest BCUT2D eigenvalue weighted by atomic mass is 9.70. The Hall–Kier alpha value is -7.16. The van der Waals surface area contributed by atoms with Crippen LogP contribution in [0.4, 0.5) is 5.69 Å². The molecule has 3 aliphatic rings. The first kappa shape index (κ1) is 40.1. The first-order chi connectivity index (χ1) is 32.8. The van der Waals surface area contributed by atoms with Gasteiger partial charge in [-0.2, -0.15) is 0 Å². The summed E-state index contributed by atoms with van der Waals surface area (Å²) in [7, 11) is 0. The second kappa shape index (κ2) is 14.7. The van der Waals surface area contributed by atoms with Crippen LogP contribution in [0.2, 0.25) is 0 Å². The molecular formula is C65H55NO. The van der Waals surface area contributed by atoms with Gasteiger partial charge in [0.2, 0.25) is 0 Å². The van der Waals surface area contributed by atoms with E-state index >= 15 is 0 Å². The lowest BCUT2D eigenvalue weighted by molar-refractivity contribution is 0.454. The third-order valence-corrected chi connectivity index (χ3v) is 16.5. The number of anilines is 1. The quantitative estimate of drug-likeness (QED) is 0.156. The number of fused-ring (bicyclic) bond motifs is 18. The summed E-state index contributed by atoms with van der Waals surface area (Å²) in [6, 6.07) is 66.8. The monoisotopic (exact) mass is 865 g/mol. The van der Waals surface area contributed by atoms with Crippen molar-refractivity contribution in [2.75, 3.05) is 5.32 Å². The van der Waals surface area contributed by atoms with E-state index in [1.165, 1.54) is 124 Å². The minimum absolute atomic E-state index is 0.245. The molecule has 2 heteroatoms. The molecule has 0 saturated heterocycles. The van der Waals surface area contributed by atoms with Gasteiger partial charge in [-0.1, -0.05) is 193 Å². The SMILES string of the molecule is CCCCc1ccc2oc3c(-c4cc5c(c6ccccc46)-c4ccc(C(CC)(CC)Nc6cccc7c6-c6ccccc6C76c7ccccc7-c7ccccc76)cc4C5(C)C)cccc3c2c1. The van der Waals surface area contributed by atoms with Crippen LogP contribution in [-0.2, 0) is 22.8 Å². The van der Waals surface area contributed by atoms with Crippen molar-refractivity contribution in [3.8, 4) is 44.5 Å². The fraction of sp³-hybridized carbons (Fsp3) is 0.200. The molecule has 1 spiro atoms. The molecule has 1 aromatic heterocycles. The minimum Gasteiger partial charge on any atom is -0.455 e. The predicted molar refractivity (Wildman–Crippen MR) is 281 cm³/mol. The maximum atomic E-state index is 6.80. The van der Waals surface area contributed by atoms with Crippen molar-refractivity contribution < 1.29 is 4.42 Å². The molecule has 0 radical (unpaired) electrons. The zero-order valence-corrected chi connectivity index (χ0v) is 39.2. The largest absolute Gasteiger partial charge is 0.455 e. The fourth-order valence-corrected chi connectivity index (χ4v) is 13.1. The van der Waals surface area contributed by atoms with E-state index in [0.29, 0.717) is 0 Å². The maximum Gasteiger partial charge on any atom is 0.143 e. The predicted octanol–water partition coefficient (Wildman–Crippen LogP) is 17.5. The number of hydrogen-bond acceptors (Lipinski definition) is 2. The molecule has 0 fully saturated rings. The van der Waals surface area contributed by atoms with E-state index in [0.717, 1.165) is 36.0 Å². The van der Waals surface area contributed by atoms with Crippen molar-refractivity contribution in [1.29, 1.82) is 0 Å². The Balaban J connectivity index is 0.940. The number of nitrogens with one attached hydrogen (secondary N) is 1. The molecule has 10 aromatic rings. The van der Waals surface area contributed by atoms with Gasteiger partial charge in [0, 0.05) is 33.0 Å². The number of hydrogen-bond donors (Lipinski definition) is 1. The number of para-hydroxylation sites is 1. The molecule has 0 atom stereocenters. The van der Waals surface area contributed by atoms with Crippen molar-refractivity contribution in [2.24, 2.45) is 0 Å². The Labute approximate surface area is 394 Å². The molecule has 13 rings (SSSR count). The summed E-state index contributed by atoms with van der Waals surface area (Å²) in [5.41, 5.74) is 23.5. The first-order valence-electron chi connectivity index (χ1n) is 24.7. The Morgan fingerprint density at radius 3 is 1.81 bits per heavy atom. The van der Waals surface area contributed by atoms with Crippen molar-refractivity contribution >= 4 is 38.4 Å². The van der Waals surface area contributed by atoms with Crippen LogP contribution in [0.15, 0.2) is 180 Å². The molecule has 0 saturated carbocycles. The maximum absolute atomic E-state index is 6.80. The van der Waals surface area contributed by atoms with Crippen LogP contribution < -0.4 is 5.32 Å². The van der Waals surface area contributed by atoms with Gasteiger partial charge in [0.25, 0.3) is 0 Å². The average Bonchev–Trinajstić information content (AvgIpc) is 4.07. The second-order valence-corrected chi connectivity index (χ2v) is 20.0. The van der Waals surface area contributed by atoms with Crippen molar-refractivity contribution in [3.63, 3.8) is 0 Å². The van der Waals surface area contributed by atoms with Crippen LogP contribution in [0.25, 0.3) is 77.2 Å². The molecule has 3 aliphatic carbocycles. The summed E-state index contributed by atoms with van der Waals surface area (Å²) < 4.78 is 6.80. The molecular weight excluding hydrogens is 811 g/mol. The average molecular weight is 866 g/mol. The highest BCUT2D eigenvalue weighted by molar-refractivity contribution is 6.15. The van der Waals surface area contributed by atoms with Gasteiger partial charge in [-0.15, -0.1) is 0 Å². The van der Waals surface area contributed by atoms with E-state index in [2.05, 4.69) is 216 Å². The van der Waals surface area contributed by atoms with E-state index < -0.39 is 0 Å². The number of unbranched alkanes of at least 4 members (excludes halogenated alkanes) is 1. The van der Waals surface area contributed by atoms with Gasteiger partial charge < -0.3 is 9.73 Å². The van der Waals surface area contributed by atoms with Crippen LogP contribution in [0.5, 0.6) is 0 Å². The van der Waals surface area contributed by atoms with Crippen LogP contribution in [0.1, 0.15) is 105 Å². The zero-order chi connectivity index (χ0) is 45.2. The lowest BCUT2D eigenvalue weighted by Crippen LogP contribution is -2.35. The van der Waals surface area contributed by atoms with Gasteiger partial charge in [0.05, 0.1) is 11.0 Å². The minimum atomic E-state index is -0.378. The Morgan fingerprint density at radius 1 is 0.463 bits per heavy atom. The molecule has 0 aliphatic heterocycles. The van der Waals surface area contributed by atoms with Gasteiger partial charge >= 0.3 is 0 Å². The van der Waals surface area contributed by atoms with Gasteiger partial charge in [0.15, 0.2) is 0 Å². The number of aryl methyl sites for hydroxylation is 1. The highest BCUT2D eigenvalue weighted by atomic mass is 16.3. The summed E-state index contributed by atoms with van der Waals surface area (Å²) in [6.45, 7) is 11.8. The lowest BCUT2D eigenvalue weighted by Gasteiger charge is -2.37. The molecule has 2 nitrogen and oxygen atoms in total. The van der Waals surface area contributed by atoms with Crippen LogP contribution >= 0.6 is 0 Å². The van der Waals surface area contributed by atoms with E-state index in [4.69, 9.17) is 4.42 Å². The van der Waals surface area contributed by atoms with Crippen molar-refractivity contribution in [3.05, 3.63) is 220 Å².